The van der Waals surface area contributed by atoms with Crippen molar-refractivity contribution in [3.05, 3.63) is 11.7 Å². The van der Waals surface area contributed by atoms with Crippen LogP contribution in [0.4, 0.5) is 0 Å². The molecule has 0 bridgehead atoms. The Bertz CT molecular complexity index is 581. The molecule has 0 spiro atoms. The van der Waals surface area contributed by atoms with Gasteiger partial charge in [0.15, 0.2) is 5.82 Å². The van der Waals surface area contributed by atoms with E-state index in [0.29, 0.717) is 43.2 Å². The molecule has 1 aromatic heterocycles. The van der Waals surface area contributed by atoms with E-state index in [1.165, 1.54) is 0 Å². The standard InChI is InChI=1S/C19H32N4O3/c1-14(2)22-10-6-15(7-11-22)19(24)23-9-4-5-16(13-23)18-20-17(21-26-18)8-12-25-3/h14-16H,4-13H2,1-3H3/t16-/m1/s1. The molecule has 2 saturated heterocycles. The summed E-state index contributed by atoms with van der Waals surface area (Å²) in [5.41, 5.74) is 0. The summed E-state index contributed by atoms with van der Waals surface area (Å²) in [6, 6.07) is 0.565. The molecule has 3 rings (SSSR count). The average Bonchev–Trinajstić information content (AvgIpc) is 3.15. The number of rotatable bonds is 6. The fraction of sp³-hybridized carbons (Fsp3) is 0.842. The number of likely N-dealkylation sites (tertiary alicyclic amines) is 2. The van der Waals surface area contributed by atoms with Crippen LogP contribution < -0.4 is 0 Å². The third-order valence-electron chi connectivity index (χ3n) is 5.70. The zero-order valence-electron chi connectivity index (χ0n) is 16.3. The van der Waals surface area contributed by atoms with Crippen molar-refractivity contribution in [1.29, 1.82) is 0 Å². The number of hydrogen-bond donors (Lipinski definition) is 0. The molecule has 7 heteroatoms. The largest absolute Gasteiger partial charge is 0.384 e. The number of hydrogen-bond acceptors (Lipinski definition) is 6. The minimum atomic E-state index is 0.159. The maximum absolute atomic E-state index is 13.0. The van der Waals surface area contributed by atoms with E-state index in [2.05, 4.69) is 28.9 Å². The maximum atomic E-state index is 13.0. The van der Waals surface area contributed by atoms with Crippen LogP contribution in [-0.2, 0) is 16.0 Å². The van der Waals surface area contributed by atoms with E-state index in [1.54, 1.807) is 7.11 Å². The van der Waals surface area contributed by atoms with Gasteiger partial charge in [-0.25, -0.2) is 0 Å². The predicted octanol–water partition coefficient (Wildman–Crippen LogP) is 2.08. The lowest BCUT2D eigenvalue weighted by Gasteiger charge is -2.38. The molecule has 146 valence electrons. The molecule has 2 aliphatic rings. The molecule has 0 N–H and O–H groups in total. The Morgan fingerprint density at radius 1 is 1.27 bits per heavy atom. The van der Waals surface area contributed by atoms with Gasteiger partial charge in [-0.1, -0.05) is 5.16 Å². The van der Waals surface area contributed by atoms with Gasteiger partial charge in [0.1, 0.15) is 0 Å². The van der Waals surface area contributed by atoms with Crippen LogP contribution in [-0.4, -0.2) is 71.8 Å². The normalized spacial score (nSPS) is 22.9. The molecular weight excluding hydrogens is 332 g/mol. The molecule has 0 radical (unpaired) electrons. The van der Waals surface area contributed by atoms with Crippen molar-refractivity contribution in [3.63, 3.8) is 0 Å². The number of nitrogens with zero attached hydrogens (tertiary/aromatic N) is 4. The van der Waals surface area contributed by atoms with Crippen LogP contribution in [0, 0.1) is 5.92 Å². The Morgan fingerprint density at radius 2 is 2.04 bits per heavy atom. The fourth-order valence-corrected chi connectivity index (χ4v) is 4.03. The molecule has 0 aromatic carbocycles. The fourth-order valence-electron chi connectivity index (χ4n) is 4.03. The summed E-state index contributed by atoms with van der Waals surface area (Å²) in [7, 11) is 1.66. The first kappa shape index (κ1) is 19.3. The van der Waals surface area contributed by atoms with Crippen molar-refractivity contribution in [2.45, 2.75) is 57.9 Å². The number of aromatic nitrogens is 2. The number of amides is 1. The quantitative estimate of drug-likeness (QED) is 0.770. The first-order chi connectivity index (χ1) is 12.6. The van der Waals surface area contributed by atoms with Gasteiger partial charge in [-0.15, -0.1) is 0 Å². The molecule has 2 aliphatic heterocycles. The minimum absolute atomic E-state index is 0.159. The van der Waals surface area contributed by atoms with Gasteiger partial charge in [0, 0.05) is 38.6 Å². The van der Waals surface area contributed by atoms with Gasteiger partial charge in [-0.3, -0.25) is 4.79 Å². The van der Waals surface area contributed by atoms with Crippen LogP contribution in [0.5, 0.6) is 0 Å². The Hall–Kier alpha value is -1.47. The molecule has 26 heavy (non-hydrogen) atoms. The van der Waals surface area contributed by atoms with Crippen molar-refractivity contribution < 1.29 is 14.1 Å². The lowest BCUT2D eigenvalue weighted by molar-refractivity contribution is -0.138. The summed E-state index contributed by atoms with van der Waals surface area (Å²) in [5, 5.41) is 4.04. The van der Waals surface area contributed by atoms with E-state index in [9.17, 15) is 4.79 Å². The molecule has 2 fully saturated rings. The van der Waals surface area contributed by atoms with Gasteiger partial charge < -0.3 is 19.1 Å². The Labute approximate surface area is 156 Å². The van der Waals surface area contributed by atoms with Crippen LogP contribution in [0.3, 0.4) is 0 Å². The summed E-state index contributed by atoms with van der Waals surface area (Å²) in [6.45, 7) is 8.64. The van der Waals surface area contributed by atoms with Crippen molar-refractivity contribution in [1.82, 2.24) is 19.9 Å². The molecule has 1 atom stereocenters. The van der Waals surface area contributed by atoms with Crippen LogP contribution >= 0.6 is 0 Å². The van der Waals surface area contributed by atoms with Crippen molar-refractivity contribution in [3.8, 4) is 0 Å². The molecular formula is C19H32N4O3. The molecule has 1 amide bonds. The van der Waals surface area contributed by atoms with Crippen LogP contribution in [0.2, 0.25) is 0 Å². The van der Waals surface area contributed by atoms with E-state index in [4.69, 9.17) is 9.26 Å². The molecule has 7 nitrogen and oxygen atoms in total. The third-order valence-corrected chi connectivity index (χ3v) is 5.70. The summed E-state index contributed by atoms with van der Waals surface area (Å²) < 4.78 is 10.5. The highest BCUT2D eigenvalue weighted by Crippen LogP contribution is 2.29. The second kappa shape index (κ2) is 8.95. The van der Waals surface area contributed by atoms with E-state index < -0.39 is 0 Å². The minimum Gasteiger partial charge on any atom is -0.384 e. The van der Waals surface area contributed by atoms with Crippen molar-refractivity contribution >= 4 is 5.91 Å². The number of carbonyl (C=O) groups is 1. The Balaban J connectivity index is 1.54. The van der Waals surface area contributed by atoms with Crippen LogP contribution in [0.1, 0.15) is 57.2 Å². The second-order valence-electron chi connectivity index (χ2n) is 7.82. The molecule has 1 aromatic rings. The van der Waals surface area contributed by atoms with E-state index in [-0.39, 0.29) is 11.8 Å². The molecule has 0 unspecified atom stereocenters. The zero-order valence-corrected chi connectivity index (χ0v) is 16.3. The number of piperidine rings is 2. The summed E-state index contributed by atoms with van der Waals surface area (Å²) >= 11 is 0. The summed E-state index contributed by atoms with van der Waals surface area (Å²) in [6.07, 6.45) is 4.60. The lowest BCUT2D eigenvalue weighted by atomic mass is 9.91. The molecule has 0 saturated carbocycles. The SMILES string of the molecule is COCCc1noc([C@@H]2CCCN(C(=O)C3CCN(C(C)C)CC3)C2)n1. The molecule has 3 heterocycles. The summed E-state index contributed by atoms with van der Waals surface area (Å²) in [5.74, 6) is 2.00. The van der Waals surface area contributed by atoms with Crippen LogP contribution in [0.15, 0.2) is 4.52 Å². The Morgan fingerprint density at radius 3 is 2.73 bits per heavy atom. The van der Waals surface area contributed by atoms with E-state index >= 15 is 0 Å². The second-order valence-corrected chi connectivity index (χ2v) is 7.82. The van der Waals surface area contributed by atoms with Gasteiger partial charge in [0.05, 0.1) is 12.5 Å². The highest BCUT2D eigenvalue weighted by atomic mass is 16.5. The number of ether oxygens (including phenoxy) is 1. The highest BCUT2D eigenvalue weighted by Gasteiger charge is 2.33. The Kier molecular flexibility index (Phi) is 6.64. The molecule has 0 aliphatic carbocycles. The van der Waals surface area contributed by atoms with Crippen molar-refractivity contribution in [2.75, 3.05) is 39.9 Å². The first-order valence-electron chi connectivity index (χ1n) is 9.92. The topological polar surface area (TPSA) is 71.7 Å². The predicted molar refractivity (Wildman–Crippen MR) is 97.9 cm³/mol. The zero-order chi connectivity index (χ0) is 18.5. The average molecular weight is 364 g/mol. The van der Waals surface area contributed by atoms with Gasteiger partial charge in [-0.05, 0) is 52.6 Å². The lowest BCUT2D eigenvalue weighted by Crippen LogP contribution is -2.47. The van der Waals surface area contributed by atoms with Crippen molar-refractivity contribution in [2.24, 2.45) is 5.92 Å². The highest BCUT2D eigenvalue weighted by molar-refractivity contribution is 5.79. The van der Waals surface area contributed by atoms with Gasteiger partial charge in [-0.2, -0.15) is 4.98 Å². The van der Waals surface area contributed by atoms with Crippen LogP contribution in [0.25, 0.3) is 0 Å². The summed E-state index contributed by atoms with van der Waals surface area (Å²) in [4.78, 5) is 22.0. The third kappa shape index (κ3) is 4.62. The first-order valence-corrected chi connectivity index (χ1v) is 9.92. The van der Waals surface area contributed by atoms with Gasteiger partial charge >= 0.3 is 0 Å². The number of methoxy groups -OCH3 is 1. The van der Waals surface area contributed by atoms with E-state index in [1.807, 2.05) is 4.90 Å². The smallest absolute Gasteiger partial charge is 0.231 e. The number of carbonyl (C=O) groups excluding carboxylic acids is 1. The monoisotopic (exact) mass is 364 g/mol. The van der Waals surface area contributed by atoms with Gasteiger partial charge in [0.2, 0.25) is 11.8 Å². The maximum Gasteiger partial charge on any atom is 0.231 e. The van der Waals surface area contributed by atoms with E-state index in [0.717, 1.165) is 45.3 Å². The van der Waals surface area contributed by atoms with Gasteiger partial charge in [0.25, 0.3) is 0 Å².